The molecule has 0 aliphatic heterocycles. The maximum absolute atomic E-state index is 13.0. The van der Waals surface area contributed by atoms with Crippen LogP contribution < -0.4 is 5.32 Å². The average Bonchev–Trinajstić information content (AvgIpc) is 2.42. The lowest BCUT2D eigenvalue weighted by atomic mass is 10.1. The first-order chi connectivity index (χ1) is 9.81. The number of hydrogen-bond donors (Lipinski definition) is 1. The Bertz CT molecular complexity index is 716. The van der Waals surface area contributed by atoms with Crippen LogP contribution >= 0.6 is 0 Å². The highest BCUT2D eigenvalue weighted by Crippen LogP contribution is 2.34. The summed E-state index contributed by atoms with van der Waals surface area (Å²) in [4.78, 5) is 0. The van der Waals surface area contributed by atoms with Crippen molar-refractivity contribution < 1.29 is 22.0 Å². The molecule has 0 saturated carbocycles. The van der Waals surface area contributed by atoms with Gasteiger partial charge in [0.15, 0.2) is 11.6 Å². The van der Waals surface area contributed by atoms with Gasteiger partial charge in [-0.1, -0.05) is 0 Å². The predicted octanol–water partition coefficient (Wildman–Crippen LogP) is 4.60. The van der Waals surface area contributed by atoms with Gasteiger partial charge in [0, 0.05) is 17.4 Å². The molecule has 21 heavy (non-hydrogen) atoms. The Morgan fingerprint density at radius 1 is 0.905 bits per heavy atom. The molecule has 0 amide bonds. The molecule has 0 heterocycles. The van der Waals surface area contributed by atoms with Gasteiger partial charge in [0.05, 0.1) is 17.2 Å². The van der Waals surface area contributed by atoms with Crippen LogP contribution in [0.15, 0.2) is 36.4 Å². The summed E-state index contributed by atoms with van der Waals surface area (Å²) in [5, 5.41) is 11.2. The van der Waals surface area contributed by atoms with Gasteiger partial charge in [-0.05, 0) is 30.3 Å². The fourth-order valence-electron chi connectivity index (χ4n) is 1.69. The Labute approximate surface area is 116 Å². The van der Waals surface area contributed by atoms with Crippen LogP contribution in [-0.4, -0.2) is 0 Å². The Balaban J connectivity index is 2.37. The number of nitrogens with one attached hydrogen (secondary N) is 1. The van der Waals surface area contributed by atoms with Crippen molar-refractivity contribution in [3.8, 4) is 6.07 Å². The standard InChI is InChI=1S/C14H7F5N2/c15-12-4-3-10(6-13(12)16)21-9-2-1-8(7-20)11(5-9)14(17,18)19/h1-6,21H. The molecule has 2 rings (SSSR count). The van der Waals surface area contributed by atoms with Crippen LogP contribution in [-0.2, 0) is 6.18 Å². The minimum absolute atomic E-state index is 0.00679. The molecule has 0 atom stereocenters. The summed E-state index contributed by atoms with van der Waals surface area (Å²) in [6, 6.07) is 7.30. The third kappa shape index (κ3) is 3.28. The Morgan fingerprint density at radius 3 is 2.10 bits per heavy atom. The molecule has 0 unspecified atom stereocenters. The first-order valence-electron chi connectivity index (χ1n) is 5.64. The van der Waals surface area contributed by atoms with Crippen molar-refractivity contribution in [2.75, 3.05) is 5.32 Å². The second-order valence-electron chi connectivity index (χ2n) is 4.12. The topological polar surface area (TPSA) is 35.8 Å². The molecule has 0 saturated heterocycles. The van der Waals surface area contributed by atoms with Crippen LogP contribution in [0, 0.1) is 23.0 Å². The summed E-state index contributed by atoms with van der Waals surface area (Å²) in [6.45, 7) is 0. The van der Waals surface area contributed by atoms with Crippen molar-refractivity contribution in [2.45, 2.75) is 6.18 Å². The largest absolute Gasteiger partial charge is 0.417 e. The third-order valence-corrected chi connectivity index (χ3v) is 2.65. The molecule has 0 bridgehead atoms. The summed E-state index contributed by atoms with van der Waals surface area (Å²) >= 11 is 0. The van der Waals surface area contributed by atoms with Crippen molar-refractivity contribution in [2.24, 2.45) is 0 Å². The van der Waals surface area contributed by atoms with Crippen LogP contribution in [0.25, 0.3) is 0 Å². The molecule has 7 heteroatoms. The second-order valence-corrected chi connectivity index (χ2v) is 4.12. The van der Waals surface area contributed by atoms with E-state index in [9.17, 15) is 22.0 Å². The summed E-state index contributed by atoms with van der Waals surface area (Å²) < 4.78 is 64.1. The fraction of sp³-hybridized carbons (Fsp3) is 0.0714. The highest BCUT2D eigenvalue weighted by Gasteiger charge is 2.33. The van der Waals surface area contributed by atoms with Crippen LogP contribution in [0.1, 0.15) is 11.1 Å². The third-order valence-electron chi connectivity index (χ3n) is 2.65. The van der Waals surface area contributed by atoms with Crippen molar-refractivity contribution >= 4 is 11.4 Å². The molecular formula is C14H7F5N2. The number of nitrogens with zero attached hydrogens (tertiary/aromatic N) is 1. The normalized spacial score (nSPS) is 11.0. The summed E-state index contributed by atoms with van der Waals surface area (Å²) in [7, 11) is 0. The quantitative estimate of drug-likeness (QED) is 0.822. The highest BCUT2D eigenvalue weighted by atomic mass is 19.4. The molecule has 108 valence electrons. The molecule has 2 nitrogen and oxygen atoms in total. The molecule has 2 aromatic rings. The van der Waals surface area contributed by atoms with Gasteiger partial charge >= 0.3 is 6.18 Å². The van der Waals surface area contributed by atoms with Gasteiger partial charge in [-0.15, -0.1) is 0 Å². The minimum Gasteiger partial charge on any atom is -0.355 e. The maximum atomic E-state index is 13.0. The van der Waals surface area contributed by atoms with Gasteiger partial charge in [0.2, 0.25) is 0 Å². The van der Waals surface area contributed by atoms with Gasteiger partial charge in [-0.3, -0.25) is 0 Å². The summed E-state index contributed by atoms with van der Waals surface area (Å²) in [6.07, 6.45) is -4.68. The van der Waals surface area contributed by atoms with Crippen molar-refractivity contribution in [3.63, 3.8) is 0 Å². The summed E-state index contributed by atoms with van der Waals surface area (Å²) in [5.41, 5.74) is -1.52. The van der Waals surface area contributed by atoms with Gasteiger partial charge < -0.3 is 5.32 Å². The first kappa shape index (κ1) is 14.8. The summed E-state index contributed by atoms with van der Waals surface area (Å²) in [5.74, 6) is -2.18. The Morgan fingerprint density at radius 2 is 1.52 bits per heavy atom. The van der Waals surface area contributed by atoms with Crippen LogP contribution in [0.3, 0.4) is 0 Å². The van der Waals surface area contributed by atoms with Gasteiger partial charge in [0.1, 0.15) is 0 Å². The van der Waals surface area contributed by atoms with Crippen LogP contribution in [0.2, 0.25) is 0 Å². The smallest absolute Gasteiger partial charge is 0.355 e. The monoisotopic (exact) mass is 298 g/mol. The van der Waals surface area contributed by atoms with E-state index >= 15 is 0 Å². The Hall–Kier alpha value is -2.62. The minimum atomic E-state index is -4.68. The number of nitriles is 1. The van der Waals surface area contributed by atoms with Gasteiger partial charge in [-0.25, -0.2) is 8.78 Å². The highest BCUT2D eigenvalue weighted by molar-refractivity contribution is 5.62. The molecule has 0 aliphatic rings. The van der Waals surface area contributed by atoms with Crippen molar-refractivity contribution in [1.29, 1.82) is 5.26 Å². The maximum Gasteiger partial charge on any atom is 0.417 e. The first-order valence-corrected chi connectivity index (χ1v) is 5.64. The van der Waals surface area contributed by atoms with Crippen LogP contribution in [0.4, 0.5) is 33.3 Å². The van der Waals surface area contributed by atoms with Gasteiger partial charge in [0.25, 0.3) is 0 Å². The molecule has 0 spiro atoms. The molecule has 0 radical (unpaired) electrons. The van der Waals surface area contributed by atoms with Crippen molar-refractivity contribution in [1.82, 2.24) is 0 Å². The number of rotatable bonds is 2. The van der Waals surface area contributed by atoms with E-state index in [0.717, 1.165) is 24.3 Å². The number of alkyl halides is 3. The zero-order valence-electron chi connectivity index (χ0n) is 10.3. The fourth-order valence-corrected chi connectivity index (χ4v) is 1.69. The lowest BCUT2D eigenvalue weighted by molar-refractivity contribution is -0.137. The predicted molar refractivity (Wildman–Crippen MR) is 65.8 cm³/mol. The van der Waals surface area contributed by atoms with E-state index < -0.39 is 28.9 Å². The molecule has 1 N–H and O–H groups in total. The SMILES string of the molecule is N#Cc1ccc(Nc2ccc(F)c(F)c2)cc1C(F)(F)F. The molecule has 0 fully saturated rings. The number of hydrogen-bond acceptors (Lipinski definition) is 2. The zero-order chi connectivity index (χ0) is 15.6. The van der Waals surface area contributed by atoms with E-state index in [1.165, 1.54) is 18.2 Å². The van der Waals surface area contributed by atoms with E-state index in [0.29, 0.717) is 0 Å². The van der Waals surface area contributed by atoms with Gasteiger partial charge in [-0.2, -0.15) is 18.4 Å². The van der Waals surface area contributed by atoms with E-state index in [-0.39, 0.29) is 11.4 Å². The lowest BCUT2D eigenvalue weighted by Gasteiger charge is -2.12. The van der Waals surface area contributed by atoms with Crippen LogP contribution in [0.5, 0.6) is 0 Å². The average molecular weight is 298 g/mol. The van der Waals surface area contributed by atoms with E-state index in [1.54, 1.807) is 0 Å². The van der Waals surface area contributed by atoms with E-state index in [4.69, 9.17) is 5.26 Å². The second kappa shape index (κ2) is 5.40. The van der Waals surface area contributed by atoms with E-state index in [2.05, 4.69) is 5.32 Å². The van der Waals surface area contributed by atoms with Crippen molar-refractivity contribution in [3.05, 3.63) is 59.2 Å². The molecule has 2 aromatic carbocycles. The number of anilines is 2. The molecule has 0 aliphatic carbocycles. The molecular weight excluding hydrogens is 291 g/mol. The Kier molecular flexibility index (Phi) is 3.80. The lowest BCUT2D eigenvalue weighted by Crippen LogP contribution is -2.08. The zero-order valence-corrected chi connectivity index (χ0v) is 10.3. The molecule has 0 aromatic heterocycles. The number of benzene rings is 2. The number of halogens is 5. The van der Waals surface area contributed by atoms with E-state index in [1.807, 2.05) is 0 Å².